The summed E-state index contributed by atoms with van der Waals surface area (Å²) < 4.78 is 32.6. The van der Waals surface area contributed by atoms with E-state index >= 15 is 0 Å². The van der Waals surface area contributed by atoms with Crippen LogP contribution in [0.25, 0.3) is 0 Å². The van der Waals surface area contributed by atoms with Crippen molar-refractivity contribution in [2.45, 2.75) is 36.3 Å². The van der Waals surface area contributed by atoms with Crippen molar-refractivity contribution in [3.63, 3.8) is 0 Å². The Morgan fingerprint density at radius 1 is 1.11 bits per heavy atom. The normalized spacial score (nSPS) is 17.6. The second-order valence-electron chi connectivity index (χ2n) is 7.12. The van der Waals surface area contributed by atoms with Crippen molar-refractivity contribution in [1.29, 1.82) is 0 Å². The van der Waals surface area contributed by atoms with Gasteiger partial charge < -0.3 is 9.32 Å². The maximum atomic E-state index is 12.9. The van der Waals surface area contributed by atoms with Crippen LogP contribution in [0.5, 0.6) is 0 Å². The number of thioether (sulfide) groups is 1. The van der Waals surface area contributed by atoms with Crippen molar-refractivity contribution in [3.05, 3.63) is 47.9 Å². The molecule has 6 nitrogen and oxygen atoms in total. The summed E-state index contributed by atoms with van der Waals surface area (Å²) in [4.78, 5) is 14.7. The molecule has 8 heteroatoms. The number of sulfonamides is 1. The van der Waals surface area contributed by atoms with Crippen molar-refractivity contribution >= 4 is 33.4 Å². The first-order chi connectivity index (χ1) is 13.6. The molecule has 0 N–H and O–H groups in total. The second kappa shape index (κ2) is 8.31. The van der Waals surface area contributed by atoms with Crippen LogP contribution in [-0.4, -0.2) is 44.0 Å². The van der Waals surface area contributed by atoms with E-state index in [2.05, 4.69) is 0 Å². The number of nitrogens with zero attached hydrogens (tertiary/aromatic N) is 2. The molecule has 0 saturated carbocycles. The van der Waals surface area contributed by atoms with Gasteiger partial charge in [-0.05, 0) is 55.2 Å². The summed E-state index contributed by atoms with van der Waals surface area (Å²) in [6, 6.07) is 8.91. The molecule has 2 aliphatic heterocycles. The second-order valence-corrected chi connectivity index (χ2v) is 10.0. The molecule has 28 heavy (non-hydrogen) atoms. The van der Waals surface area contributed by atoms with Crippen LogP contribution in [0.3, 0.4) is 0 Å². The number of carbonyl (C=O) groups excluding carboxylic acids is 1. The van der Waals surface area contributed by atoms with Crippen LogP contribution in [0.2, 0.25) is 0 Å². The number of hydrogen-bond donors (Lipinski definition) is 0. The molecule has 0 bridgehead atoms. The van der Waals surface area contributed by atoms with Gasteiger partial charge in [0.2, 0.25) is 15.9 Å². The van der Waals surface area contributed by atoms with Crippen molar-refractivity contribution in [2.75, 3.05) is 30.3 Å². The van der Waals surface area contributed by atoms with E-state index in [9.17, 15) is 13.2 Å². The highest BCUT2D eigenvalue weighted by molar-refractivity contribution is 7.99. The summed E-state index contributed by atoms with van der Waals surface area (Å²) in [6.07, 6.45) is 5.24. The van der Waals surface area contributed by atoms with Crippen LogP contribution in [0.1, 0.15) is 30.6 Å². The van der Waals surface area contributed by atoms with E-state index < -0.39 is 10.0 Å². The molecule has 3 heterocycles. The number of fused-ring (bicyclic) bond motifs is 1. The molecule has 4 rings (SSSR count). The highest BCUT2D eigenvalue weighted by Crippen LogP contribution is 2.32. The van der Waals surface area contributed by atoms with E-state index in [1.807, 2.05) is 12.1 Å². The predicted molar refractivity (Wildman–Crippen MR) is 110 cm³/mol. The number of anilines is 1. The van der Waals surface area contributed by atoms with E-state index in [0.29, 0.717) is 42.5 Å². The number of piperidine rings is 1. The van der Waals surface area contributed by atoms with E-state index in [0.717, 1.165) is 36.3 Å². The van der Waals surface area contributed by atoms with Gasteiger partial charge in [0.15, 0.2) is 0 Å². The highest BCUT2D eigenvalue weighted by Gasteiger charge is 2.29. The van der Waals surface area contributed by atoms with Crippen LogP contribution in [0.4, 0.5) is 5.69 Å². The van der Waals surface area contributed by atoms with Crippen molar-refractivity contribution in [3.8, 4) is 0 Å². The number of amides is 1. The smallest absolute Gasteiger partial charge is 0.243 e. The first-order valence-corrected chi connectivity index (χ1v) is 12.2. The van der Waals surface area contributed by atoms with E-state index in [4.69, 9.17) is 4.42 Å². The minimum atomic E-state index is -3.45. The lowest BCUT2D eigenvalue weighted by Gasteiger charge is -2.26. The molecule has 0 spiro atoms. The number of hydrogen-bond acceptors (Lipinski definition) is 5. The zero-order valence-corrected chi connectivity index (χ0v) is 17.3. The molecule has 150 valence electrons. The third-order valence-electron chi connectivity index (χ3n) is 5.25. The van der Waals surface area contributed by atoms with Crippen molar-refractivity contribution in [2.24, 2.45) is 0 Å². The Balaban J connectivity index is 1.43. The van der Waals surface area contributed by atoms with Gasteiger partial charge in [0.25, 0.3) is 0 Å². The van der Waals surface area contributed by atoms with Gasteiger partial charge in [-0.2, -0.15) is 4.31 Å². The molecule has 0 atom stereocenters. The van der Waals surface area contributed by atoms with Crippen LogP contribution in [-0.2, 0) is 27.0 Å². The Hall–Kier alpha value is -1.77. The minimum Gasteiger partial charge on any atom is -0.468 e. The average molecular weight is 421 g/mol. The molecule has 0 unspecified atom stereocenters. The molecule has 1 aromatic heterocycles. The lowest BCUT2D eigenvalue weighted by molar-refractivity contribution is -0.116. The molecule has 2 aromatic rings. The standard InChI is InChI=1S/C20H24N2O4S2/c23-20(15-27-14-17-5-4-12-26-17)22-11-8-16-13-18(6-7-19(16)22)28(24,25)21-9-2-1-3-10-21/h4-7,12-13H,1-3,8-11,14-15H2. The molecule has 2 aliphatic rings. The fourth-order valence-corrected chi connectivity index (χ4v) is 6.13. The van der Waals surface area contributed by atoms with Gasteiger partial charge in [-0.15, -0.1) is 11.8 Å². The number of benzene rings is 1. The highest BCUT2D eigenvalue weighted by atomic mass is 32.2. The third kappa shape index (κ3) is 3.99. The zero-order valence-electron chi connectivity index (χ0n) is 15.7. The van der Waals surface area contributed by atoms with Gasteiger partial charge in [0.05, 0.1) is 22.7 Å². The van der Waals surface area contributed by atoms with Gasteiger partial charge >= 0.3 is 0 Å². The largest absolute Gasteiger partial charge is 0.468 e. The monoisotopic (exact) mass is 420 g/mol. The molecule has 1 saturated heterocycles. The predicted octanol–water partition coefficient (Wildman–Crippen LogP) is 3.28. The van der Waals surface area contributed by atoms with E-state index in [1.165, 1.54) is 11.8 Å². The maximum Gasteiger partial charge on any atom is 0.243 e. The topological polar surface area (TPSA) is 70.8 Å². The van der Waals surface area contributed by atoms with Crippen LogP contribution >= 0.6 is 11.8 Å². The minimum absolute atomic E-state index is 0.0435. The number of carbonyl (C=O) groups is 1. The summed E-state index contributed by atoms with van der Waals surface area (Å²) in [7, 11) is -3.45. The first kappa shape index (κ1) is 19.5. The molecule has 0 radical (unpaired) electrons. The van der Waals surface area contributed by atoms with Gasteiger partial charge in [0, 0.05) is 25.3 Å². The lowest BCUT2D eigenvalue weighted by atomic mass is 10.2. The fraction of sp³-hybridized carbons (Fsp3) is 0.450. The zero-order chi connectivity index (χ0) is 19.6. The van der Waals surface area contributed by atoms with Crippen molar-refractivity contribution in [1.82, 2.24) is 4.31 Å². The molecular weight excluding hydrogens is 396 g/mol. The SMILES string of the molecule is O=C(CSCc1ccco1)N1CCc2cc(S(=O)(=O)N3CCCCC3)ccc21. The van der Waals surface area contributed by atoms with Gasteiger partial charge in [-0.25, -0.2) is 8.42 Å². The first-order valence-electron chi connectivity index (χ1n) is 9.59. The Morgan fingerprint density at radius 3 is 2.68 bits per heavy atom. The summed E-state index contributed by atoms with van der Waals surface area (Å²) in [6.45, 7) is 1.79. The van der Waals surface area contributed by atoms with Gasteiger partial charge in [-0.1, -0.05) is 6.42 Å². The molecular formula is C20H24N2O4S2. The molecule has 0 aliphatic carbocycles. The van der Waals surface area contributed by atoms with Crippen molar-refractivity contribution < 1.29 is 17.6 Å². The Kier molecular flexibility index (Phi) is 5.80. The van der Waals surface area contributed by atoms with Crippen LogP contribution in [0, 0.1) is 0 Å². The van der Waals surface area contributed by atoms with Gasteiger partial charge in [-0.3, -0.25) is 4.79 Å². The summed E-state index contributed by atoms with van der Waals surface area (Å²) in [5.41, 5.74) is 1.77. The van der Waals surface area contributed by atoms with E-state index in [-0.39, 0.29) is 5.91 Å². The number of rotatable bonds is 6. The van der Waals surface area contributed by atoms with Gasteiger partial charge in [0.1, 0.15) is 5.76 Å². The summed E-state index contributed by atoms with van der Waals surface area (Å²) in [5, 5.41) is 0. The maximum absolute atomic E-state index is 12.9. The van der Waals surface area contributed by atoms with Crippen LogP contribution in [0.15, 0.2) is 45.9 Å². The van der Waals surface area contributed by atoms with E-state index in [1.54, 1.807) is 33.7 Å². The lowest BCUT2D eigenvalue weighted by Crippen LogP contribution is -2.35. The quantitative estimate of drug-likeness (QED) is 0.717. The molecule has 1 amide bonds. The average Bonchev–Trinajstić information content (AvgIpc) is 3.37. The van der Waals surface area contributed by atoms with Crippen LogP contribution < -0.4 is 4.90 Å². The molecule has 1 fully saturated rings. The molecule has 1 aromatic carbocycles. The summed E-state index contributed by atoms with van der Waals surface area (Å²) in [5.74, 6) is 1.93. The Bertz CT molecular complexity index is 935. The Morgan fingerprint density at radius 2 is 1.93 bits per heavy atom. The third-order valence-corrected chi connectivity index (χ3v) is 8.08. The Labute approximate surface area is 169 Å². The number of furan rings is 1. The fourth-order valence-electron chi connectivity index (χ4n) is 3.76. The summed E-state index contributed by atoms with van der Waals surface area (Å²) >= 11 is 1.52.